The van der Waals surface area contributed by atoms with Crippen molar-refractivity contribution >= 4 is 13.7 Å². The van der Waals surface area contributed by atoms with Crippen molar-refractivity contribution < 1.29 is 32.9 Å². The summed E-state index contributed by atoms with van der Waals surface area (Å²) in [4.78, 5) is 25.5. The summed E-state index contributed by atoms with van der Waals surface area (Å²) in [6.07, 6.45) is 81.8. The van der Waals surface area contributed by atoms with E-state index in [9.17, 15) is 19.4 Å². The molecule has 0 bridgehead atoms. The van der Waals surface area contributed by atoms with Gasteiger partial charge >= 0.3 is 0 Å². The third-order valence-electron chi connectivity index (χ3n) is 13.8. The Morgan fingerprint density at radius 3 is 1.17 bits per heavy atom. The van der Waals surface area contributed by atoms with Gasteiger partial charge in [-0.15, -0.1) is 0 Å². The first-order valence-corrected chi connectivity index (χ1v) is 33.0. The van der Waals surface area contributed by atoms with E-state index in [0.717, 1.165) is 89.9 Å². The first-order chi connectivity index (χ1) is 37.0. The lowest BCUT2D eigenvalue weighted by atomic mass is 10.0. The van der Waals surface area contributed by atoms with Crippen LogP contribution < -0.4 is 10.2 Å². The quantitative estimate of drug-likeness (QED) is 0.0272. The molecule has 76 heavy (non-hydrogen) atoms. The molecule has 0 aromatic carbocycles. The van der Waals surface area contributed by atoms with Crippen LogP contribution in [0, 0.1) is 0 Å². The lowest BCUT2D eigenvalue weighted by Gasteiger charge is -2.30. The topological polar surface area (TPSA) is 108 Å². The Hall–Kier alpha value is -2.58. The van der Waals surface area contributed by atoms with Crippen LogP contribution in [-0.4, -0.2) is 68.5 Å². The molecule has 0 aliphatic heterocycles. The highest BCUT2D eigenvalue weighted by Crippen LogP contribution is 2.38. The first kappa shape index (κ1) is 73.4. The smallest absolute Gasteiger partial charge is 0.268 e. The summed E-state index contributed by atoms with van der Waals surface area (Å²) < 4.78 is 23.4. The largest absolute Gasteiger partial charge is 0.756 e. The molecule has 0 aromatic rings. The number of phosphoric ester groups is 1. The Kier molecular flexibility index (Phi) is 55.2. The minimum atomic E-state index is -4.57. The number of carbonyl (C=O) groups is 1. The van der Waals surface area contributed by atoms with E-state index in [1.165, 1.54) is 154 Å². The second kappa shape index (κ2) is 57.1. The van der Waals surface area contributed by atoms with Crippen LogP contribution in [0.15, 0.2) is 97.2 Å². The van der Waals surface area contributed by atoms with Gasteiger partial charge in [0.2, 0.25) is 5.91 Å². The maximum Gasteiger partial charge on any atom is 0.268 e. The number of hydrogen-bond acceptors (Lipinski definition) is 6. The zero-order valence-corrected chi connectivity index (χ0v) is 51.1. The molecule has 0 spiro atoms. The van der Waals surface area contributed by atoms with Gasteiger partial charge in [-0.3, -0.25) is 9.36 Å². The summed E-state index contributed by atoms with van der Waals surface area (Å²) >= 11 is 0. The van der Waals surface area contributed by atoms with Crippen LogP contribution in [0.1, 0.15) is 271 Å². The van der Waals surface area contributed by atoms with Crippen LogP contribution in [0.25, 0.3) is 0 Å². The summed E-state index contributed by atoms with van der Waals surface area (Å²) in [7, 11) is 1.30. The van der Waals surface area contributed by atoms with Crippen molar-refractivity contribution in [2.75, 3.05) is 40.9 Å². The molecular formula is C67H121N2O6P. The third kappa shape index (κ3) is 59.1. The van der Waals surface area contributed by atoms with Gasteiger partial charge < -0.3 is 28.8 Å². The molecule has 0 saturated carbocycles. The van der Waals surface area contributed by atoms with Crippen LogP contribution in [0.5, 0.6) is 0 Å². The number of nitrogens with zero attached hydrogens (tertiary/aromatic N) is 1. The fourth-order valence-electron chi connectivity index (χ4n) is 8.94. The Morgan fingerprint density at radius 2 is 0.803 bits per heavy atom. The zero-order chi connectivity index (χ0) is 55.6. The summed E-state index contributed by atoms with van der Waals surface area (Å²) in [5.74, 6) is -0.166. The number of aliphatic hydroxyl groups is 1. The zero-order valence-electron chi connectivity index (χ0n) is 50.2. The fourth-order valence-corrected chi connectivity index (χ4v) is 9.66. The Bertz CT molecular complexity index is 1560. The van der Waals surface area contributed by atoms with Crippen LogP contribution in [-0.2, 0) is 18.4 Å². The van der Waals surface area contributed by atoms with Gasteiger partial charge in [-0.25, -0.2) is 0 Å². The van der Waals surface area contributed by atoms with Gasteiger partial charge in [0.25, 0.3) is 7.82 Å². The average Bonchev–Trinajstić information content (AvgIpc) is 3.38. The molecule has 0 rings (SSSR count). The molecule has 0 heterocycles. The third-order valence-corrected chi connectivity index (χ3v) is 14.8. The maximum absolute atomic E-state index is 13.0. The lowest BCUT2D eigenvalue weighted by Crippen LogP contribution is -2.46. The monoisotopic (exact) mass is 1080 g/mol. The first-order valence-electron chi connectivity index (χ1n) is 31.6. The Labute approximate surface area is 470 Å². The van der Waals surface area contributed by atoms with Crippen LogP contribution >= 0.6 is 7.82 Å². The Balaban J connectivity index is 3.95. The number of amides is 1. The number of quaternary nitrogens is 1. The fraction of sp³-hybridized carbons (Fsp3) is 0.746. The van der Waals surface area contributed by atoms with E-state index in [1.807, 2.05) is 21.1 Å². The van der Waals surface area contributed by atoms with Crippen molar-refractivity contribution in [3.8, 4) is 0 Å². The van der Waals surface area contributed by atoms with Crippen molar-refractivity contribution in [1.29, 1.82) is 0 Å². The molecular weight excluding hydrogens is 960 g/mol. The molecule has 2 N–H and O–H groups in total. The van der Waals surface area contributed by atoms with Gasteiger partial charge in [-0.05, 0) is 77.0 Å². The van der Waals surface area contributed by atoms with Crippen LogP contribution in [0.2, 0.25) is 0 Å². The van der Waals surface area contributed by atoms with Crippen molar-refractivity contribution in [2.24, 2.45) is 0 Å². The number of phosphoric acid groups is 1. The predicted molar refractivity (Wildman–Crippen MR) is 329 cm³/mol. The molecule has 440 valence electrons. The molecule has 8 nitrogen and oxygen atoms in total. The SMILES string of the molecule is CC/C=C\C/C=C\C/C=C\C/C=C\C/C=C\C/C=C\C/C=C\C/C=C\CCCCCCCCCCCCCCCCCCC(=O)NC(COP(=O)([O-])OCC[N+](C)(C)C)C(O)CCCCCCCCCCCCCCC. The van der Waals surface area contributed by atoms with Gasteiger partial charge in [-0.1, -0.05) is 284 Å². The number of aliphatic hydroxyl groups excluding tert-OH is 1. The van der Waals surface area contributed by atoms with Gasteiger partial charge in [-0.2, -0.15) is 0 Å². The lowest BCUT2D eigenvalue weighted by molar-refractivity contribution is -0.870. The van der Waals surface area contributed by atoms with E-state index in [4.69, 9.17) is 9.05 Å². The number of unbranched alkanes of at least 4 members (excludes halogenated alkanes) is 28. The summed E-state index contributed by atoms with van der Waals surface area (Å²) in [6, 6.07) is -0.803. The van der Waals surface area contributed by atoms with Gasteiger partial charge in [0.1, 0.15) is 13.2 Å². The molecule has 0 aromatic heterocycles. The number of carbonyl (C=O) groups excluding carboxylic acids is 1. The minimum Gasteiger partial charge on any atom is -0.756 e. The normalized spacial score (nSPS) is 14.5. The minimum absolute atomic E-state index is 0.0103. The molecule has 0 fully saturated rings. The van der Waals surface area contributed by atoms with Crippen molar-refractivity contribution in [3.63, 3.8) is 0 Å². The number of likely N-dealkylation sites (N-methyl/N-ethyl adjacent to an activating group) is 1. The molecule has 9 heteroatoms. The van der Waals surface area contributed by atoms with E-state index in [0.29, 0.717) is 23.9 Å². The van der Waals surface area contributed by atoms with Crippen molar-refractivity contribution in [3.05, 3.63) is 97.2 Å². The molecule has 3 atom stereocenters. The number of rotatable bonds is 57. The second-order valence-electron chi connectivity index (χ2n) is 22.4. The summed E-state index contributed by atoms with van der Waals surface area (Å²) in [5, 5.41) is 14.0. The molecule has 0 radical (unpaired) electrons. The van der Waals surface area contributed by atoms with Crippen molar-refractivity contribution in [2.45, 2.75) is 283 Å². The number of hydrogen-bond donors (Lipinski definition) is 2. The highest BCUT2D eigenvalue weighted by atomic mass is 31.2. The van der Waals surface area contributed by atoms with Crippen LogP contribution in [0.4, 0.5) is 0 Å². The van der Waals surface area contributed by atoms with E-state index < -0.39 is 20.0 Å². The second-order valence-corrected chi connectivity index (χ2v) is 23.8. The van der Waals surface area contributed by atoms with Crippen molar-refractivity contribution in [1.82, 2.24) is 5.32 Å². The average molecular weight is 1080 g/mol. The van der Waals surface area contributed by atoms with E-state index in [-0.39, 0.29) is 19.1 Å². The Morgan fingerprint density at radius 1 is 0.474 bits per heavy atom. The van der Waals surface area contributed by atoms with E-state index in [2.05, 4.69) is 116 Å². The molecule has 0 aliphatic carbocycles. The van der Waals surface area contributed by atoms with E-state index in [1.54, 1.807) is 0 Å². The predicted octanol–water partition coefficient (Wildman–Crippen LogP) is 19.1. The van der Waals surface area contributed by atoms with Gasteiger partial charge in [0, 0.05) is 6.42 Å². The van der Waals surface area contributed by atoms with Gasteiger partial charge in [0.05, 0.1) is 39.9 Å². The van der Waals surface area contributed by atoms with E-state index >= 15 is 0 Å². The van der Waals surface area contributed by atoms with Gasteiger partial charge in [0.15, 0.2) is 0 Å². The summed E-state index contributed by atoms with van der Waals surface area (Å²) in [5.41, 5.74) is 0. The highest BCUT2D eigenvalue weighted by Gasteiger charge is 2.24. The molecule has 1 amide bonds. The highest BCUT2D eigenvalue weighted by molar-refractivity contribution is 7.45. The number of allylic oxidation sites excluding steroid dienone is 16. The molecule has 3 unspecified atom stereocenters. The standard InChI is InChI=1S/C67H121N2O6P/c1-6-8-10-12-14-16-18-20-21-22-23-24-25-26-27-28-29-30-31-32-33-34-35-36-37-38-39-40-41-42-43-44-45-46-47-49-51-53-55-57-59-61-67(71)68-65(64-75-76(72,73)74-63-62-69(3,4)5)66(70)60-58-56-54-52-50-48-19-17-15-13-11-9-7-2/h8,10,14,16,20-21,23-24,26-27,29-30,32-33,35-36,65-66,70H,6-7,9,11-13,15,17-19,22,25,28,31,34,37-64H2,1-5H3,(H-,68,71,72,73)/b10-8-,16-14-,21-20-,24-23-,27-26-,30-29-,33-32-,36-35-. The summed E-state index contributed by atoms with van der Waals surface area (Å²) in [6.45, 7) is 4.61. The number of nitrogens with one attached hydrogen (secondary N) is 1. The molecule has 0 saturated heterocycles. The maximum atomic E-state index is 13.0. The van der Waals surface area contributed by atoms with Crippen LogP contribution in [0.3, 0.4) is 0 Å². The molecule has 0 aliphatic rings.